The lowest BCUT2D eigenvalue weighted by atomic mass is 9.67. The highest BCUT2D eigenvalue weighted by molar-refractivity contribution is 6.23. The van der Waals surface area contributed by atoms with Crippen LogP contribution in [-0.4, -0.2) is 39.2 Å². The molecule has 0 aliphatic carbocycles. The summed E-state index contributed by atoms with van der Waals surface area (Å²) < 4.78 is 5.97. The van der Waals surface area contributed by atoms with Gasteiger partial charge in [-0.3, -0.25) is 9.59 Å². The van der Waals surface area contributed by atoms with E-state index >= 15 is 0 Å². The molecule has 25 heavy (non-hydrogen) atoms. The van der Waals surface area contributed by atoms with Crippen molar-refractivity contribution in [2.45, 2.75) is 51.4 Å². The maximum atomic E-state index is 13.1. The van der Waals surface area contributed by atoms with Crippen LogP contribution in [0.25, 0.3) is 0 Å². The molecule has 0 unspecified atom stereocenters. The van der Waals surface area contributed by atoms with E-state index in [0.717, 1.165) is 0 Å². The molecule has 1 N–H and O–H groups in total. The summed E-state index contributed by atoms with van der Waals surface area (Å²) >= 11 is 0. The van der Waals surface area contributed by atoms with Gasteiger partial charge in [0.1, 0.15) is 17.4 Å². The number of fused-ring (bicyclic) bond motifs is 5. The number of anilines is 1. The van der Waals surface area contributed by atoms with Gasteiger partial charge in [-0.05, 0) is 38.8 Å². The molecule has 1 aromatic rings. The van der Waals surface area contributed by atoms with Gasteiger partial charge < -0.3 is 9.84 Å². The van der Waals surface area contributed by atoms with Crippen LogP contribution in [-0.2, 0) is 14.3 Å². The third kappa shape index (κ3) is 1.73. The molecular weight excluding hydrogens is 322 g/mol. The van der Waals surface area contributed by atoms with E-state index in [1.807, 2.05) is 6.07 Å². The number of ether oxygens (including phenoxy) is 1. The molecule has 1 aromatic heterocycles. The van der Waals surface area contributed by atoms with Gasteiger partial charge >= 0.3 is 0 Å². The molecule has 4 rings (SSSR count). The fraction of sp³-hybridized carbons (Fsp3) is 0.556. The second-order valence-electron chi connectivity index (χ2n) is 7.64. The average Bonchev–Trinajstić information content (AvgIpc) is 3.05. The average molecular weight is 341 g/mol. The summed E-state index contributed by atoms with van der Waals surface area (Å²) in [5.74, 6) is -2.00. The van der Waals surface area contributed by atoms with Crippen molar-refractivity contribution in [2.75, 3.05) is 4.90 Å². The van der Waals surface area contributed by atoms with Crippen molar-refractivity contribution < 1.29 is 19.4 Å². The van der Waals surface area contributed by atoms with Gasteiger partial charge in [0.05, 0.1) is 35.4 Å². The summed E-state index contributed by atoms with van der Waals surface area (Å²) in [7, 11) is 0. The number of aromatic nitrogens is 1. The van der Waals surface area contributed by atoms with Gasteiger partial charge in [-0.2, -0.15) is 5.26 Å². The van der Waals surface area contributed by atoms with E-state index in [2.05, 4.69) is 4.98 Å². The van der Waals surface area contributed by atoms with Gasteiger partial charge in [0.15, 0.2) is 0 Å². The predicted octanol–water partition coefficient (Wildman–Crippen LogP) is 0.988. The Labute approximate surface area is 145 Å². The second kappa shape index (κ2) is 4.65. The van der Waals surface area contributed by atoms with Crippen LogP contribution in [0.2, 0.25) is 0 Å². The van der Waals surface area contributed by atoms with Crippen LogP contribution in [0, 0.1) is 37.0 Å². The van der Waals surface area contributed by atoms with Gasteiger partial charge in [0, 0.05) is 6.42 Å². The number of rotatable bonds is 1. The summed E-state index contributed by atoms with van der Waals surface area (Å²) in [5.41, 5.74) is 0.111. The van der Waals surface area contributed by atoms with E-state index in [0.29, 0.717) is 23.2 Å². The van der Waals surface area contributed by atoms with E-state index in [1.165, 1.54) is 11.1 Å². The van der Waals surface area contributed by atoms with Crippen molar-refractivity contribution in [1.29, 1.82) is 5.26 Å². The molecule has 130 valence electrons. The zero-order valence-electron chi connectivity index (χ0n) is 14.5. The van der Waals surface area contributed by atoms with E-state index in [9.17, 15) is 14.7 Å². The Bertz CT molecular complexity index is 876. The Kier molecular flexibility index (Phi) is 3.01. The van der Waals surface area contributed by atoms with Crippen LogP contribution >= 0.6 is 0 Å². The summed E-state index contributed by atoms with van der Waals surface area (Å²) in [6.07, 6.45) is 0.959. The molecule has 3 fully saturated rings. The summed E-state index contributed by atoms with van der Waals surface area (Å²) in [5, 5.41) is 19.5. The number of hydrogen-bond acceptors (Lipinski definition) is 6. The van der Waals surface area contributed by atoms with Crippen molar-refractivity contribution >= 4 is 17.5 Å². The van der Waals surface area contributed by atoms with Crippen molar-refractivity contribution in [3.8, 4) is 6.07 Å². The molecule has 3 aliphatic rings. The number of carbonyl (C=O) groups excluding carboxylic acids is 2. The first-order valence-electron chi connectivity index (χ1n) is 8.28. The number of imide groups is 1. The zero-order valence-corrected chi connectivity index (χ0v) is 14.5. The molecular formula is C18H19N3O4. The quantitative estimate of drug-likeness (QED) is 0.764. The smallest absolute Gasteiger partial charge is 0.240 e. The second-order valence-corrected chi connectivity index (χ2v) is 7.64. The number of nitriles is 1. The summed E-state index contributed by atoms with van der Waals surface area (Å²) in [4.78, 5) is 31.5. The predicted molar refractivity (Wildman–Crippen MR) is 86.4 cm³/mol. The SMILES string of the molecule is Cc1c(N2C(=O)[C@@H]3[C@H](C2=O)[C@@]2(C)C[C@H](O)[C@]3(C)O2)cnc(C#N)c1C. The van der Waals surface area contributed by atoms with Crippen LogP contribution in [0.1, 0.15) is 37.1 Å². The van der Waals surface area contributed by atoms with Gasteiger partial charge in [0.25, 0.3) is 0 Å². The molecule has 0 radical (unpaired) electrons. The Morgan fingerprint density at radius 3 is 2.56 bits per heavy atom. The molecule has 2 bridgehead atoms. The number of amides is 2. The first kappa shape index (κ1) is 16.2. The molecule has 3 saturated heterocycles. The number of hydrogen-bond donors (Lipinski definition) is 1. The Balaban J connectivity index is 1.84. The van der Waals surface area contributed by atoms with E-state index in [4.69, 9.17) is 10.00 Å². The summed E-state index contributed by atoms with van der Waals surface area (Å²) in [6, 6.07) is 2.01. The highest BCUT2D eigenvalue weighted by Gasteiger charge is 2.75. The molecule has 3 aliphatic heterocycles. The van der Waals surface area contributed by atoms with Crippen molar-refractivity contribution in [3.05, 3.63) is 23.0 Å². The molecule has 2 amide bonds. The number of aliphatic hydroxyl groups excluding tert-OH is 1. The Morgan fingerprint density at radius 1 is 1.28 bits per heavy atom. The first-order valence-corrected chi connectivity index (χ1v) is 8.28. The maximum absolute atomic E-state index is 13.1. The topological polar surface area (TPSA) is 104 Å². The van der Waals surface area contributed by atoms with Crippen LogP contribution in [0.5, 0.6) is 0 Å². The minimum Gasteiger partial charge on any atom is -0.390 e. The lowest BCUT2D eigenvalue weighted by Crippen LogP contribution is -2.49. The molecule has 7 heteroatoms. The van der Waals surface area contributed by atoms with Crippen LogP contribution in [0.15, 0.2) is 6.20 Å². The maximum Gasteiger partial charge on any atom is 0.240 e. The minimum absolute atomic E-state index is 0.276. The molecule has 0 saturated carbocycles. The van der Waals surface area contributed by atoms with E-state index in [1.54, 1.807) is 27.7 Å². The van der Waals surface area contributed by atoms with Gasteiger partial charge in [-0.1, -0.05) is 0 Å². The molecule has 0 aromatic carbocycles. The van der Waals surface area contributed by atoms with Crippen LogP contribution < -0.4 is 4.90 Å². The third-order valence-electron chi connectivity index (χ3n) is 6.26. The lowest BCUT2D eigenvalue weighted by Gasteiger charge is -2.31. The third-order valence-corrected chi connectivity index (χ3v) is 6.26. The largest absolute Gasteiger partial charge is 0.390 e. The van der Waals surface area contributed by atoms with E-state index in [-0.39, 0.29) is 17.5 Å². The monoisotopic (exact) mass is 341 g/mol. The van der Waals surface area contributed by atoms with Gasteiger partial charge in [-0.15, -0.1) is 0 Å². The normalized spacial score (nSPS) is 39.0. The van der Waals surface area contributed by atoms with Crippen LogP contribution in [0.3, 0.4) is 0 Å². The Morgan fingerprint density at radius 2 is 1.92 bits per heavy atom. The van der Waals surface area contributed by atoms with E-state index < -0.39 is 29.1 Å². The summed E-state index contributed by atoms with van der Waals surface area (Å²) in [6.45, 7) is 7.01. The molecule has 0 spiro atoms. The highest BCUT2D eigenvalue weighted by Crippen LogP contribution is 2.61. The highest BCUT2D eigenvalue weighted by atomic mass is 16.6. The number of pyridine rings is 1. The van der Waals surface area contributed by atoms with Crippen LogP contribution in [0.4, 0.5) is 5.69 Å². The fourth-order valence-corrected chi connectivity index (χ4v) is 4.79. The number of nitrogens with zero attached hydrogens (tertiary/aromatic N) is 3. The minimum atomic E-state index is -1.05. The lowest BCUT2D eigenvalue weighted by molar-refractivity contribution is -0.132. The standard InChI is InChI=1S/C18H19N3O4/c1-8-9(2)11(7-20-10(8)6-19)21-15(23)13-14(16(21)24)18(4)12(22)5-17(13,3)25-18/h7,12-14,22H,5H2,1-4H3/t12-,13+,14-,17+,18-/m0/s1. The van der Waals surface area contributed by atoms with Crippen molar-refractivity contribution in [3.63, 3.8) is 0 Å². The zero-order chi connectivity index (χ0) is 18.3. The number of aliphatic hydroxyl groups is 1. The fourth-order valence-electron chi connectivity index (χ4n) is 4.79. The number of carbonyl (C=O) groups is 2. The van der Waals surface area contributed by atoms with Crippen molar-refractivity contribution in [2.24, 2.45) is 11.8 Å². The first-order chi connectivity index (χ1) is 11.7. The molecule has 5 atom stereocenters. The Hall–Kier alpha value is -2.30. The van der Waals surface area contributed by atoms with Crippen molar-refractivity contribution in [1.82, 2.24) is 4.98 Å². The van der Waals surface area contributed by atoms with Gasteiger partial charge in [-0.25, -0.2) is 9.88 Å². The molecule has 7 nitrogen and oxygen atoms in total. The molecule has 4 heterocycles. The van der Waals surface area contributed by atoms with Gasteiger partial charge in [0.2, 0.25) is 11.8 Å².